The summed E-state index contributed by atoms with van der Waals surface area (Å²) in [6.07, 6.45) is 1.26. The van der Waals surface area contributed by atoms with Crippen molar-refractivity contribution in [2.24, 2.45) is 5.92 Å². The van der Waals surface area contributed by atoms with Gasteiger partial charge in [-0.25, -0.2) is 0 Å². The second-order valence-corrected chi connectivity index (χ2v) is 4.96. The molecular formula is C7H19NSi. The molecule has 0 aromatic heterocycles. The molecular weight excluding hydrogens is 126 g/mol. The molecule has 2 heteroatoms. The van der Waals surface area contributed by atoms with Crippen LogP contribution in [0.15, 0.2) is 0 Å². The lowest BCUT2D eigenvalue weighted by Crippen LogP contribution is -2.47. The largest absolute Gasteiger partial charge is 0.318 e. The molecule has 0 heterocycles. The Balaban J connectivity index is 3.92. The third kappa shape index (κ3) is 2.10. The first-order valence-electron chi connectivity index (χ1n) is 3.75. The summed E-state index contributed by atoms with van der Waals surface area (Å²) in [5, 5.41) is 3.86. The maximum Gasteiger partial charge on any atom is 0.0284 e. The summed E-state index contributed by atoms with van der Waals surface area (Å²) in [6.45, 7) is 6.82. The predicted molar refractivity (Wildman–Crippen MR) is 46.9 cm³/mol. The highest BCUT2D eigenvalue weighted by molar-refractivity contribution is 6.15. The zero-order valence-electron chi connectivity index (χ0n) is 7.28. The van der Waals surface area contributed by atoms with E-state index in [0.29, 0.717) is 5.16 Å². The van der Waals surface area contributed by atoms with Crippen LogP contribution in [0.2, 0.25) is 0 Å². The zero-order valence-corrected chi connectivity index (χ0v) is 9.28. The molecule has 0 bridgehead atoms. The van der Waals surface area contributed by atoms with Gasteiger partial charge in [0.15, 0.2) is 0 Å². The van der Waals surface area contributed by atoms with Crippen LogP contribution < -0.4 is 5.32 Å². The van der Waals surface area contributed by atoms with Crippen LogP contribution in [0, 0.1) is 5.92 Å². The molecule has 0 radical (unpaired) electrons. The van der Waals surface area contributed by atoms with E-state index in [4.69, 9.17) is 0 Å². The first-order chi connectivity index (χ1) is 4.06. The van der Waals surface area contributed by atoms with Gasteiger partial charge >= 0.3 is 0 Å². The third-order valence-corrected chi connectivity index (χ3v) is 4.94. The van der Waals surface area contributed by atoms with E-state index in [-0.39, 0.29) is 0 Å². The number of rotatable bonds is 3. The van der Waals surface area contributed by atoms with E-state index in [1.165, 1.54) is 16.7 Å². The van der Waals surface area contributed by atoms with Crippen molar-refractivity contribution in [2.45, 2.75) is 32.4 Å². The Bertz CT molecular complexity index is 77.0. The monoisotopic (exact) mass is 145 g/mol. The minimum Gasteiger partial charge on any atom is -0.318 e. The topological polar surface area (TPSA) is 12.0 Å². The Morgan fingerprint density at radius 2 is 2.00 bits per heavy atom. The highest BCUT2D eigenvalue weighted by Crippen LogP contribution is 2.15. The molecule has 0 amide bonds. The van der Waals surface area contributed by atoms with E-state index in [9.17, 15) is 0 Å². The first kappa shape index (κ1) is 9.18. The van der Waals surface area contributed by atoms with Gasteiger partial charge in [0.1, 0.15) is 0 Å². The van der Waals surface area contributed by atoms with E-state index in [0.717, 1.165) is 5.92 Å². The van der Waals surface area contributed by atoms with Crippen molar-refractivity contribution >= 4 is 10.2 Å². The van der Waals surface area contributed by atoms with E-state index in [2.05, 4.69) is 33.1 Å². The standard InChI is InChI=1S/C7H19NSi/c1-5-7(9,8-4)6(2)3/h6,8H,5H2,1-4,9H3. The van der Waals surface area contributed by atoms with Crippen LogP contribution in [-0.2, 0) is 0 Å². The van der Waals surface area contributed by atoms with Crippen LogP contribution in [0.25, 0.3) is 0 Å². The first-order valence-corrected chi connectivity index (χ1v) is 4.75. The van der Waals surface area contributed by atoms with E-state index >= 15 is 0 Å². The molecule has 1 N–H and O–H groups in total. The summed E-state index contributed by atoms with van der Waals surface area (Å²) >= 11 is 0. The molecule has 1 nitrogen and oxygen atoms in total. The number of nitrogens with one attached hydrogen (secondary N) is 1. The average Bonchev–Trinajstić information content (AvgIpc) is 1.86. The zero-order chi connectivity index (χ0) is 7.49. The molecule has 0 saturated carbocycles. The van der Waals surface area contributed by atoms with Gasteiger partial charge in [0.05, 0.1) is 0 Å². The van der Waals surface area contributed by atoms with Gasteiger partial charge in [-0.1, -0.05) is 20.8 Å². The molecule has 9 heavy (non-hydrogen) atoms. The van der Waals surface area contributed by atoms with E-state index in [1.54, 1.807) is 0 Å². The summed E-state index contributed by atoms with van der Waals surface area (Å²) in [6, 6.07) is 0. The van der Waals surface area contributed by atoms with Crippen LogP contribution in [0.3, 0.4) is 0 Å². The molecule has 0 aliphatic carbocycles. The van der Waals surface area contributed by atoms with Crippen molar-refractivity contribution in [2.75, 3.05) is 7.05 Å². The highest BCUT2D eigenvalue weighted by Gasteiger charge is 2.22. The molecule has 1 unspecified atom stereocenters. The fourth-order valence-electron chi connectivity index (χ4n) is 0.874. The van der Waals surface area contributed by atoms with E-state index < -0.39 is 0 Å². The molecule has 0 fully saturated rings. The van der Waals surface area contributed by atoms with Crippen molar-refractivity contribution in [1.29, 1.82) is 0 Å². The fourth-order valence-corrected chi connectivity index (χ4v) is 0.874. The van der Waals surface area contributed by atoms with Crippen molar-refractivity contribution in [1.82, 2.24) is 5.32 Å². The molecule has 0 aromatic carbocycles. The van der Waals surface area contributed by atoms with Crippen molar-refractivity contribution in [3.8, 4) is 0 Å². The summed E-state index contributed by atoms with van der Waals surface area (Å²) in [5.41, 5.74) is 0. The van der Waals surface area contributed by atoms with Gasteiger partial charge in [0, 0.05) is 15.4 Å². The van der Waals surface area contributed by atoms with Crippen molar-refractivity contribution in [3.05, 3.63) is 0 Å². The quantitative estimate of drug-likeness (QED) is 0.565. The molecule has 1 atom stereocenters. The van der Waals surface area contributed by atoms with Crippen molar-refractivity contribution < 1.29 is 0 Å². The molecule has 0 saturated heterocycles. The van der Waals surface area contributed by atoms with Crippen LogP contribution in [0.4, 0.5) is 0 Å². The van der Waals surface area contributed by atoms with Gasteiger partial charge in [-0.15, -0.1) is 0 Å². The van der Waals surface area contributed by atoms with Crippen LogP contribution in [0.5, 0.6) is 0 Å². The van der Waals surface area contributed by atoms with E-state index in [1.807, 2.05) is 0 Å². The molecule has 56 valence electrons. The Labute approximate surface area is 61.6 Å². The average molecular weight is 145 g/mol. The lowest BCUT2D eigenvalue weighted by atomic mass is 10.0. The second-order valence-electron chi connectivity index (χ2n) is 3.18. The Kier molecular flexibility index (Phi) is 3.44. The SMILES string of the molecule is CCC([SiH3])(NC)C(C)C. The molecule has 0 rings (SSSR count). The molecule has 0 spiro atoms. The van der Waals surface area contributed by atoms with Gasteiger partial charge in [-0.3, -0.25) is 0 Å². The maximum atomic E-state index is 3.39. The smallest absolute Gasteiger partial charge is 0.0284 e. The molecule has 0 aromatic rings. The number of hydrogen-bond donors (Lipinski definition) is 1. The van der Waals surface area contributed by atoms with Crippen LogP contribution in [0.1, 0.15) is 27.2 Å². The lowest BCUT2D eigenvalue weighted by molar-refractivity contribution is 0.360. The molecule has 0 aliphatic rings. The van der Waals surface area contributed by atoms with Gasteiger partial charge in [0.2, 0.25) is 0 Å². The second kappa shape index (κ2) is 3.37. The minimum absolute atomic E-state index is 0.472. The van der Waals surface area contributed by atoms with Gasteiger partial charge < -0.3 is 5.32 Å². The third-order valence-electron chi connectivity index (χ3n) is 2.58. The summed E-state index contributed by atoms with van der Waals surface area (Å²) in [7, 11) is 3.31. The Hall–Kier alpha value is 0.177. The molecule has 0 aliphatic heterocycles. The van der Waals surface area contributed by atoms with Crippen LogP contribution >= 0.6 is 0 Å². The predicted octanol–water partition coefficient (Wildman–Crippen LogP) is 0.333. The van der Waals surface area contributed by atoms with Crippen LogP contribution in [-0.4, -0.2) is 22.5 Å². The van der Waals surface area contributed by atoms with Gasteiger partial charge in [0.25, 0.3) is 0 Å². The Morgan fingerprint density at radius 3 is 2.00 bits per heavy atom. The van der Waals surface area contributed by atoms with Gasteiger partial charge in [-0.2, -0.15) is 0 Å². The summed E-state index contributed by atoms with van der Waals surface area (Å²) in [4.78, 5) is 0. The lowest BCUT2D eigenvalue weighted by Gasteiger charge is -2.32. The number of hydrogen-bond acceptors (Lipinski definition) is 1. The van der Waals surface area contributed by atoms with Gasteiger partial charge in [-0.05, 0) is 19.4 Å². The normalized spacial score (nSPS) is 18.3. The minimum atomic E-state index is 0.472. The fraction of sp³-hybridized carbons (Fsp3) is 1.00. The maximum absolute atomic E-state index is 3.39. The highest BCUT2D eigenvalue weighted by atomic mass is 28.1. The summed E-state index contributed by atoms with van der Waals surface area (Å²) in [5.74, 6) is 0.777. The summed E-state index contributed by atoms with van der Waals surface area (Å²) < 4.78 is 0. The Morgan fingerprint density at radius 1 is 1.56 bits per heavy atom. The van der Waals surface area contributed by atoms with Crippen molar-refractivity contribution in [3.63, 3.8) is 0 Å².